The smallest absolute Gasteiger partial charge is 0.264 e. The standard InChI is InChI=1S/C22H19ClN2O3S2/c23-17-6-2-3-7-18(17)24-9-11-25(12-10-24)22(26)19-13-15-14-30(27,28)20-8-4-1-5-16(20)21(15)29-19/h1-8,13H,9-12,14H2. The largest absolute Gasteiger partial charge is 0.367 e. The number of benzene rings is 2. The Morgan fingerprint density at radius 2 is 1.67 bits per heavy atom. The molecule has 0 bridgehead atoms. The summed E-state index contributed by atoms with van der Waals surface area (Å²) in [6, 6.07) is 16.5. The molecule has 1 aromatic heterocycles. The van der Waals surface area contributed by atoms with Crippen LogP contribution in [0.3, 0.4) is 0 Å². The summed E-state index contributed by atoms with van der Waals surface area (Å²) < 4.78 is 25.2. The SMILES string of the molecule is O=C(c1cc2c(s1)-c1ccccc1S(=O)(=O)C2)N1CCN(c2ccccc2Cl)CC1. The van der Waals surface area contributed by atoms with Crippen LogP contribution in [0.2, 0.25) is 5.02 Å². The minimum absolute atomic E-state index is 0.0388. The van der Waals surface area contributed by atoms with Gasteiger partial charge in [-0.25, -0.2) is 8.42 Å². The first-order valence-electron chi connectivity index (χ1n) is 9.68. The maximum Gasteiger partial charge on any atom is 0.264 e. The van der Waals surface area contributed by atoms with E-state index in [0.717, 1.165) is 16.1 Å². The number of hydrogen-bond acceptors (Lipinski definition) is 5. The van der Waals surface area contributed by atoms with E-state index in [-0.39, 0.29) is 11.7 Å². The molecule has 2 aromatic carbocycles. The summed E-state index contributed by atoms with van der Waals surface area (Å²) in [4.78, 5) is 19.0. The van der Waals surface area contributed by atoms with Gasteiger partial charge >= 0.3 is 0 Å². The van der Waals surface area contributed by atoms with E-state index < -0.39 is 9.84 Å². The molecule has 1 saturated heterocycles. The van der Waals surface area contributed by atoms with Crippen molar-refractivity contribution < 1.29 is 13.2 Å². The lowest BCUT2D eigenvalue weighted by Crippen LogP contribution is -2.48. The molecule has 8 heteroatoms. The number of sulfone groups is 1. The first-order valence-corrected chi connectivity index (χ1v) is 12.5. The number of rotatable bonds is 2. The fourth-order valence-electron chi connectivity index (χ4n) is 4.09. The van der Waals surface area contributed by atoms with Gasteiger partial charge in [0, 0.05) is 36.6 Å². The Labute approximate surface area is 184 Å². The molecule has 2 aliphatic rings. The molecule has 0 unspecified atom stereocenters. The zero-order valence-corrected chi connectivity index (χ0v) is 18.4. The molecule has 0 saturated carbocycles. The number of halogens is 1. The average molecular weight is 459 g/mol. The van der Waals surface area contributed by atoms with Gasteiger partial charge in [0.15, 0.2) is 9.84 Å². The zero-order valence-electron chi connectivity index (χ0n) is 16.0. The Balaban J connectivity index is 1.37. The minimum Gasteiger partial charge on any atom is -0.367 e. The molecule has 1 amide bonds. The fourth-order valence-corrected chi connectivity index (χ4v) is 7.27. The highest BCUT2D eigenvalue weighted by molar-refractivity contribution is 7.91. The molecule has 5 rings (SSSR count). The number of carbonyl (C=O) groups is 1. The first kappa shape index (κ1) is 19.6. The monoisotopic (exact) mass is 458 g/mol. The van der Waals surface area contributed by atoms with Gasteiger partial charge in [-0.15, -0.1) is 11.3 Å². The van der Waals surface area contributed by atoms with Crippen molar-refractivity contribution in [2.75, 3.05) is 31.1 Å². The number of thiophene rings is 1. The van der Waals surface area contributed by atoms with Crippen LogP contribution in [0.1, 0.15) is 15.2 Å². The van der Waals surface area contributed by atoms with Gasteiger partial charge in [-0.05, 0) is 29.8 Å². The quantitative estimate of drug-likeness (QED) is 0.574. The molecule has 2 aliphatic heterocycles. The van der Waals surface area contributed by atoms with Crippen LogP contribution in [0, 0.1) is 0 Å². The van der Waals surface area contributed by atoms with Gasteiger partial charge in [0.1, 0.15) is 0 Å². The Bertz CT molecular complexity index is 1240. The van der Waals surface area contributed by atoms with Gasteiger partial charge in [0.05, 0.1) is 26.2 Å². The third kappa shape index (κ3) is 3.31. The van der Waals surface area contributed by atoms with E-state index in [1.165, 1.54) is 11.3 Å². The topological polar surface area (TPSA) is 57.7 Å². The molecule has 0 aliphatic carbocycles. The summed E-state index contributed by atoms with van der Waals surface area (Å²) in [7, 11) is -3.37. The van der Waals surface area contributed by atoms with Crippen LogP contribution in [0.15, 0.2) is 59.5 Å². The van der Waals surface area contributed by atoms with Gasteiger partial charge < -0.3 is 9.80 Å². The molecular formula is C22H19ClN2O3S2. The molecule has 5 nitrogen and oxygen atoms in total. The van der Waals surface area contributed by atoms with Crippen molar-refractivity contribution in [2.45, 2.75) is 10.6 Å². The van der Waals surface area contributed by atoms with Crippen LogP contribution in [-0.4, -0.2) is 45.4 Å². The van der Waals surface area contributed by atoms with Crippen LogP contribution in [-0.2, 0) is 15.6 Å². The Kier molecular flexibility index (Phi) is 4.84. The molecule has 0 spiro atoms. The molecular weight excluding hydrogens is 440 g/mol. The summed E-state index contributed by atoms with van der Waals surface area (Å²) >= 11 is 7.69. The van der Waals surface area contributed by atoms with E-state index in [1.54, 1.807) is 18.2 Å². The molecule has 3 heterocycles. The van der Waals surface area contributed by atoms with Crippen LogP contribution in [0.5, 0.6) is 0 Å². The lowest BCUT2D eigenvalue weighted by molar-refractivity contribution is 0.0751. The number of piperazine rings is 1. The van der Waals surface area contributed by atoms with Crippen LogP contribution >= 0.6 is 22.9 Å². The highest BCUT2D eigenvalue weighted by atomic mass is 35.5. The van der Waals surface area contributed by atoms with E-state index in [9.17, 15) is 13.2 Å². The van der Waals surface area contributed by atoms with Gasteiger partial charge in [-0.3, -0.25) is 4.79 Å². The third-order valence-corrected chi connectivity index (χ3v) is 8.83. The normalized spacial score (nSPS) is 17.4. The van der Waals surface area contributed by atoms with Crippen molar-refractivity contribution in [2.24, 2.45) is 0 Å². The average Bonchev–Trinajstić information content (AvgIpc) is 3.17. The molecule has 3 aromatic rings. The number of fused-ring (bicyclic) bond motifs is 3. The van der Waals surface area contributed by atoms with E-state index in [4.69, 9.17) is 11.6 Å². The maximum atomic E-state index is 13.1. The van der Waals surface area contributed by atoms with Gasteiger partial charge in [-0.2, -0.15) is 0 Å². The number of hydrogen-bond donors (Lipinski definition) is 0. The van der Waals surface area contributed by atoms with Crippen LogP contribution in [0.25, 0.3) is 10.4 Å². The Hall–Kier alpha value is -2.35. The van der Waals surface area contributed by atoms with Crippen molar-refractivity contribution in [1.82, 2.24) is 4.90 Å². The molecule has 1 fully saturated rings. The van der Waals surface area contributed by atoms with Gasteiger partial charge in [-0.1, -0.05) is 41.9 Å². The summed E-state index contributed by atoms with van der Waals surface area (Å²) in [6.07, 6.45) is 0. The van der Waals surface area contributed by atoms with Crippen molar-refractivity contribution in [3.05, 3.63) is 70.1 Å². The number of para-hydroxylation sites is 1. The third-order valence-electron chi connectivity index (χ3n) is 5.59. The predicted molar refractivity (Wildman–Crippen MR) is 120 cm³/mol. The molecule has 0 N–H and O–H groups in total. The van der Waals surface area contributed by atoms with Gasteiger partial charge in [0.2, 0.25) is 0 Å². The van der Waals surface area contributed by atoms with Crippen molar-refractivity contribution >= 4 is 44.4 Å². The van der Waals surface area contributed by atoms with Gasteiger partial charge in [0.25, 0.3) is 5.91 Å². The predicted octanol–water partition coefficient (Wildman–Crippen LogP) is 4.32. The lowest BCUT2D eigenvalue weighted by Gasteiger charge is -2.36. The second-order valence-electron chi connectivity index (χ2n) is 7.45. The number of nitrogens with zero attached hydrogens (tertiary/aromatic N) is 2. The zero-order chi connectivity index (χ0) is 20.9. The van der Waals surface area contributed by atoms with Crippen LogP contribution in [0.4, 0.5) is 5.69 Å². The van der Waals surface area contributed by atoms with E-state index in [1.807, 2.05) is 41.3 Å². The fraction of sp³-hybridized carbons (Fsp3) is 0.227. The first-order chi connectivity index (χ1) is 14.4. The lowest BCUT2D eigenvalue weighted by atomic mass is 10.1. The summed E-state index contributed by atoms with van der Waals surface area (Å²) in [5.41, 5.74) is 2.41. The van der Waals surface area contributed by atoms with E-state index in [2.05, 4.69) is 4.90 Å². The van der Waals surface area contributed by atoms with Crippen molar-refractivity contribution in [3.8, 4) is 10.4 Å². The Morgan fingerprint density at radius 1 is 0.967 bits per heavy atom. The highest BCUT2D eigenvalue weighted by Gasteiger charge is 2.32. The molecule has 0 radical (unpaired) electrons. The van der Waals surface area contributed by atoms with Crippen LogP contribution < -0.4 is 4.90 Å². The van der Waals surface area contributed by atoms with Crippen molar-refractivity contribution in [1.29, 1.82) is 0 Å². The summed E-state index contributed by atoms with van der Waals surface area (Å²) in [6.45, 7) is 2.61. The molecule has 0 atom stereocenters. The summed E-state index contributed by atoms with van der Waals surface area (Å²) in [5.74, 6) is -0.0910. The molecule has 30 heavy (non-hydrogen) atoms. The number of amides is 1. The maximum absolute atomic E-state index is 13.1. The van der Waals surface area contributed by atoms with E-state index in [0.29, 0.717) is 46.5 Å². The summed E-state index contributed by atoms with van der Waals surface area (Å²) in [5, 5.41) is 0.711. The minimum atomic E-state index is -3.37. The van der Waals surface area contributed by atoms with Crippen molar-refractivity contribution in [3.63, 3.8) is 0 Å². The second kappa shape index (κ2) is 7.41. The molecule has 154 valence electrons. The Morgan fingerprint density at radius 3 is 2.43 bits per heavy atom. The number of carbonyl (C=O) groups excluding carboxylic acids is 1. The highest BCUT2D eigenvalue weighted by Crippen LogP contribution is 2.43. The van der Waals surface area contributed by atoms with E-state index >= 15 is 0 Å². The number of anilines is 1. The second-order valence-corrected chi connectivity index (χ2v) is 10.9.